The summed E-state index contributed by atoms with van der Waals surface area (Å²) in [6.07, 6.45) is -1.80. The Balaban J connectivity index is 0.00000380. The molecule has 0 bridgehead atoms. The van der Waals surface area contributed by atoms with Crippen LogP contribution in [-0.4, -0.2) is 57.9 Å². The number of nitrogens with two attached hydrogens (primary N) is 1. The number of aromatic amines is 1. The largest absolute Gasteiger partial charge is 0.460 e. The third kappa shape index (κ3) is 4.24. The smallest absolute Gasteiger partial charge is 0.419 e. The summed E-state index contributed by atoms with van der Waals surface area (Å²) in [4.78, 5) is 28.5. The van der Waals surface area contributed by atoms with Crippen molar-refractivity contribution in [3.63, 3.8) is 0 Å². The topological polar surface area (TPSA) is 146 Å². The van der Waals surface area contributed by atoms with Crippen molar-refractivity contribution in [2.24, 2.45) is 5.73 Å². The van der Waals surface area contributed by atoms with Gasteiger partial charge in [0.05, 0.1) is 23.4 Å². The van der Waals surface area contributed by atoms with E-state index in [0.717, 1.165) is 11.1 Å². The van der Waals surface area contributed by atoms with Crippen LogP contribution >= 0.6 is 0 Å². The summed E-state index contributed by atoms with van der Waals surface area (Å²) in [5.74, 6) is -0.483. The number of nitrogens with zero attached hydrogens (tertiary/aromatic N) is 1. The summed E-state index contributed by atoms with van der Waals surface area (Å²) in [5, 5.41) is 17.9. The van der Waals surface area contributed by atoms with Crippen LogP contribution < -0.4 is 10.5 Å². The van der Waals surface area contributed by atoms with Gasteiger partial charge in [-0.25, -0.2) is 0 Å². The second kappa shape index (κ2) is 8.86. The zero-order chi connectivity index (χ0) is 26.4. The number of carbonyl (C=O) groups excluding carboxylic acids is 2. The maximum Gasteiger partial charge on any atom is 0.419 e. The van der Waals surface area contributed by atoms with Gasteiger partial charge in [0.15, 0.2) is 11.4 Å². The Labute approximate surface area is 204 Å². The molecule has 36 heavy (non-hydrogen) atoms. The Morgan fingerprint density at radius 2 is 2.08 bits per heavy atom. The Morgan fingerprint density at radius 3 is 2.69 bits per heavy atom. The number of hydrogen-bond acceptors (Lipinski definition) is 6. The number of alkyl halides is 3. The van der Waals surface area contributed by atoms with Gasteiger partial charge in [-0.3, -0.25) is 9.59 Å². The van der Waals surface area contributed by atoms with Crippen molar-refractivity contribution in [2.45, 2.75) is 32.0 Å². The molecule has 4 rings (SSSR count). The molecule has 3 aromatic rings. The zero-order valence-corrected chi connectivity index (χ0v) is 19.3. The van der Waals surface area contributed by atoms with Crippen LogP contribution in [-0.2, 0) is 0 Å². The lowest BCUT2D eigenvalue weighted by Gasteiger charge is -2.25. The number of benzene rings is 1. The minimum absolute atomic E-state index is 0. The number of halogens is 3. The quantitative estimate of drug-likeness (QED) is 0.296. The van der Waals surface area contributed by atoms with E-state index >= 15 is 0 Å². The van der Waals surface area contributed by atoms with Gasteiger partial charge in [0.1, 0.15) is 17.1 Å². The highest BCUT2D eigenvalue weighted by Crippen LogP contribution is 2.38. The van der Waals surface area contributed by atoms with Gasteiger partial charge in [0.25, 0.3) is 11.8 Å². The Morgan fingerprint density at radius 1 is 1.36 bits per heavy atom. The molecule has 12 heteroatoms. The lowest BCUT2D eigenvalue weighted by atomic mass is 10.0. The number of allylic oxidation sites excluding steroid dienone is 1. The Kier molecular flexibility index (Phi) is 6.17. The molecule has 1 aromatic carbocycles. The standard InChI is InChI=1S/C24H23F3N4O5.H2/c1-12-16(22(33)31-8-6-23(34,11-31)24(25,26)27)10-30-20(12)17(5-7-28)36-14-3-4-15-18(9-14)35-13(2)19(15)21(29)32;/h3-5,7,9-10,28,30,34H,6,8,11H2,1-2H3,(H2,29,32);1H/b17-5+,28-7?;. The number of aliphatic hydroxyl groups is 1. The van der Waals surface area contributed by atoms with Crippen molar-refractivity contribution in [3.05, 3.63) is 58.6 Å². The number of hydrogen-bond donors (Lipinski definition) is 4. The Bertz CT molecular complexity index is 1410. The minimum atomic E-state index is -4.85. The summed E-state index contributed by atoms with van der Waals surface area (Å²) in [7, 11) is 0. The van der Waals surface area contributed by atoms with E-state index in [1.165, 1.54) is 12.3 Å². The first-order valence-corrected chi connectivity index (χ1v) is 10.8. The molecule has 0 spiro atoms. The van der Waals surface area contributed by atoms with Crippen molar-refractivity contribution in [2.75, 3.05) is 13.1 Å². The van der Waals surface area contributed by atoms with Crippen LogP contribution in [0, 0.1) is 19.3 Å². The molecule has 5 N–H and O–H groups in total. The van der Waals surface area contributed by atoms with Crippen LogP contribution in [0.15, 0.2) is 34.9 Å². The van der Waals surface area contributed by atoms with Crippen molar-refractivity contribution >= 4 is 34.8 Å². The predicted molar refractivity (Wildman–Crippen MR) is 126 cm³/mol. The fourth-order valence-electron chi connectivity index (χ4n) is 4.28. The third-order valence-electron chi connectivity index (χ3n) is 6.23. The van der Waals surface area contributed by atoms with Crippen LogP contribution in [0.5, 0.6) is 5.75 Å². The number of amides is 2. The number of β-amino-alcohol motifs (C(OH)–C–C–N with tert-alkyl or cyclic N) is 1. The first kappa shape index (κ1) is 25.0. The van der Waals surface area contributed by atoms with Crippen LogP contribution in [0.25, 0.3) is 16.7 Å². The molecular formula is C24H25F3N4O5. The van der Waals surface area contributed by atoms with Gasteiger partial charge < -0.3 is 35.3 Å². The van der Waals surface area contributed by atoms with Gasteiger partial charge in [-0.1, -0.05) is 0 Å². The molecule has 0 aliphatic carbocycles. The number of ether oxygens (including phenoxy) is 1. The number of nitrogens with one attached hydrogen (secondary N) is 2. The third-order valence-corrected chi connectivity index (χ3v) is 6.23. The van der Waals surface area contributed by atoms with Crippen LogP contribution in [0.2, 0.25) is 0 Å². The number of H-pyrrole nitrogens is 1. The van der Waals surface area contributed by atoms with Crippen molar-refractivity contribution in [1.29, 1.82) is 5.41 Å². The molecular weight excluding hydrogens is 481 g/mol. The highest BCUT2D eigenvalue weighted by atomic mass is 19.4. The average Bonchev–Trinajstić information content (AvgIpc) is 3.47. The molecule has 1 aliphatic heterocycles. The molecule has 2 aromatic heterocycles. The van der Waals surface area contributed by atoms with E-state index in [4.69, 9.17) is 20.3 Å². The molecule has 1 unspecified atom stereocenters. The van der Waals surface area contributed by atoms with E-state index in [2.05, 4.69) is 4.98 Å². The average molecular weight is 506 g/mol. The highest BCUT2D eigenvalue weighted by molar-refractivity contribution is 6.06. The fraction of sp³-hybridized carbons (Fsp3) is 0.292. The molecule has 2 amide bonds. The molecule has 1 saturated heterocycles. The normalized spacial score (nSPS) is 18.6. The fourth-order valence-corrected chi connectivity index (χ4v) is 4.28. The number of carbonyl (C=O) groups is 2. The molecule has 0 saturated carbocycles. The maximum atomic E-state index is 13.2. The molecule has 1 aliphatic rings. The maximum absolute atomic E-state index is 13.2. The van der Waals surface area contributed by atoms with Gasteiger partial charge in [0, 0.05) is 44.3 Å². The molecule has 1 atom stereocenters. The summed E-state index contributed by atoms with van der Waals surface area (Å²) < 4.78 is 51.0. The van der Waals surface area contributed by atoms with Crippen LogP contribution in [0.3, 0.4) is 0 Å². The number of likely N-dealkylation sites (tertiary alicyclic amines) is 1. The Hall–Kier alpha value is -4.06. The van der Waals surface area contributed by atoms with Gasteiger partial charge in [0.2, 0.25) is 0 Å². The lowest BCUT2D eigenvalue weighted by Crippen LogP contribution is -2.48. The van der Waals surface area contributed by atoms with Crippen LogP contribution in [0.1, 0.15) is 45.6 Å². The van der Waals surface area contributed by atoms with Crippen molar-refractivity contribution in [3.8, 4) is 5.75 Å². The monoisotopic (exact) mass is 506 g/mol. The summed E-state index contributed by atoms with van der Waals surface area (Å²) >= 11 is 0. The number of aryl methyl sites for hydroxylation is 1. The second-order valence-corrected chi connectivity index (χ2v) is 8.56. The van der Waals surface area contributed by atoms with Gasteiger partial charge in [-0.2, -0.15) is 13.2 Å². The summed E-state index contributed by atoms with van der Waals surface area (Å²) in [5.41, 5.74) is 3.92. The number of rotatable bonds is 6. The van der Waals surface area contributed by atoms with Crippen LogP contribution in [0.4, 0.5) is 13.2 Å². The number of primary amides is 1. The number of furan rings is 1. The second-order valence-electron chi connectivity index (χ2n) is 8.56. The molecule has 1 fully saturated rings. The highest BCUT2D eigenvalue weighted by Gasteiger charge is 2.57. The molecule has 9 nitrogen and oxygen atoms in total. The van der Waals surface area contributed by atoms with Gasteiger partial charge >= 0.3 is 6.18 Å². The van der Waals surface area contributed by atoms with Crippen molar-refractivity contribution < 1.29 is 38.4 Å². The molecule has 3 heterocycles. The van der Waals surface area contributed by atoms with E-state index in [0.29, 0.717) is 33.7 Å². The first-order chi connectivity index (χ1) is 16.9. The summed E-state index contributed by atoms with van der Waals surface area (Å²) in [6, 6.07) is 4.72. The van der Waals surface area contributed by atoms with Gasteiger partial charge in [-0.05, 0) is 31.5 Å². The minimum Gasteiger partial charge on any atom is -0.460 e. The van der Waals surface area contributed by atoms with Crippen molar-refractivity contribution in [1.82, 2.24) is 9.88 Å². The molecule has 0 radical (unpaired) electrons. The number of aromatic nitrogens is 1. The van der Waals surface area contributed by atoms with E-state index < -0.39 is 36.6 Å². The lowest BCUT2D eigenvalue weighted by molar-refractivity contribution is -0.253. The SMILES string of the molecule is Cc1oc2cc(O/C(=C/C=N)c3[nH]cc(C(=O)N4CCC(O)(C(F)(F)F)C4)c3C)ccc2c1C(N)=O.[HH]. The number of fused-ring (bicyclic) bond motifs is 1. The first-order valence-electron chi connectivity index (χ1n) is 10.8. The van der Waals surface area contributed by atoms with E-state index in [-0.39, 0.29) is 24.9 Å². The predicted octanol–water partition coefficient (Wildman–Crippen LogP) is 3.93. The van der Waals surface area contributed by atoms with E-state index in [1.807, 2.05) is 0 Å². The van der Waals surface area contributed by atoms with E-state index in [9.17, 15) is 27.9 Å². The van der Waals surface area contributed by atoms with Gasteiger partial charge in [-0.15, -0.1) is 0 Å². The zero-order valence-electron chi connectivity index (χ0n) is 19.3. The summed E-state index contributed by atoms with van der Waals surface area (Å²) in [6.45, 7) is 2.09. The van der Waals surface area contributed by atoms with E-state index in [1.54, 1.807) is 32.0 Å². The molecule has 192 valence electrons.